The Labute approximate surface area is 160 Å². The van der Waals surface area contributed by atoms with Gasteiger partial charge in [0.1, 0.15) is 11.9 Å². The molecule has 0 radical (unpaired) electrons. The number of rotatable bonds is 2. The predicted octanol–water partition coefficient (Wildman–Crippen LogP) is 3.14. The van der Waals surface area contributed by atoms with Gasteiger partial charge >= 0.3 is 0 Å². The number of benzene rings is 1. The quantitative estimate of drug-likeness (QED) is 0.687. The van der Waals surface area contributed by atoms with Crippen molar-refractivity contribution in [2.45, 2.75) is 18.9 Å². The second-order valence-electron chi connectivity index (χ2n) is 7.37. The maximum Gasteiger partial charge on any atom is 0.250 e. The molecule has 0 saturated carbocycles. The molecule has 4 heterocycles. The lowest BCUT2D eigenvalue weighted by atomic mass is 9.83. The monoisotopic (exact) mass is 376 g/mol. The van der Waals surface area contributed by atoms with Crippen LogP contribution in [0.15, 0.2) is 51.7 Å². The number of nitrogens with zero attached hydrogens (tertiary/aromatic N) is 4. The van der Waals surface area contributed by atoms with Crippen LogP contribution in [0.1, 0.15) is 23.7 Å². The van der Waals surface area contributed by atoms with Gasteiger partial charge in [-0.05, 0) is 30.5 Å². The second-order valence-corrected chi connectivity index (χ2v) is 7.37. The summed E-state index contributed by atoms with van der Waals surface area (Å²) < 4.78 is 21.9. The van der Waals surface area contributed by atoms with E-state index in [1.54, 1.807) is 30.3 Å². The summed E-state index contributed by atoms with van der Waals surface area (Å²) in [4.78, 5) is 18.4. The highest BCUT2D eigenvalue weighted by atomic mass is 19.1. The average Bonchev–Trinajstić information content (AvgIpc) is 3.13. The van der Waals surface area contributed by atoms with Crippen molar-refractivity contribution in [1.82, 2.24) is 9.55 Å². The van der Waals surface area contributed by atoms with Gasteiger partial charge in [0, 0.05) is 37.3 Å². The fraction of sp³-hybridized carbons (Fsp3) is 0.286. The first-order chi connectivity index (χ1) is 13.6. The van der Waals surface area contributed by atoms with Crippen LogP contribution in [0, 0.1) is 23.1 Å². The SMILES string of the molecule is N#Cc1nc(-c2ccccc2F)oc1N1C[C@H]2C[C@@H](C1)c1cccc(=O)n1C2. The average molecular weight is 376 g/mol. The van der Waals surface area contributed by atoms with Gasteiger partial charge in [-0.15, -0.1) is 0 Å². The highest BCUT2D eigenvalue weighted by molar-refractivity contribution is 5.60. The van der Waals surface area contributed by atoms with Gasteiger partial charge in [-0.25, -0.2) is 4.39 Å². The normalized spacial score (nSPS) is 20.5. The van der Waals surface area contributed by atoms with E-state index in [4.69, 9.17) is 4.42 Å². The van der Waals surface area contributed by atoms with Crippen molar-refractivity contribution in [3.05, 3.63) is 70.0 Å². The van der Waals surface area contributed by atoms with Gasteiger partial charge in [-0.3, -0.25) is 4.79 Å². The topological polar surface area (TPSA) is 75.1 Å². The number of hydrogen-bond acceptors (Lipinski definition) is 5. The van der Waals surface area contributed by atoms with Crippen LogP contribution < -0.4 is 10.5 Å². The van der Waals surface area contributed by atoms with E-state index in [1.165, 1.54) is 6.07 Å². The van der Waals surface area contributed by atoms with Crippen molar-refractivity contribution in [2.75, 3.05) is 18.0 Å². The van der Waals surface area contributed by atoms with Crippen LogP contribution in [-0.4, -0.2) is 22.6 Å². The Balaban J connectivity index is 1.52. The first-order valence-electron chi connectivity index (χ1n) is 9.24. The van der Waals surface area contributed by atoms with Crippen LogP contribution in [0.3, 0.4) is 0 Å². The van der Waals surface area contributed by atoms with E-state index >= 15 is 0 Å². The number of pyridine rings is 1. The molecule has 3 aromatic rings. The second kappa shape index (κ2) is 6.34. The third-order valence-corrected chi connectivity index (χ3v) is 5.59. The molecule has 2 aliphatic heterocycles. The van der Waals surface area contributed by atoms with E-state index in [2.05, 4.69) is 11.1 Å². The van der Waals surface area contributed by atoms with Crippen LogP contribution in [0.25, 0.3) is 11.5 Å². The van der Waals surface area contributed by atoms with Gasteiger partial charge in [0.2, 0.25) is 17.5 Å². The molecule has 140 valence electrons. The highest BCUT2D eigenvalue weighted by Gasteiger charge is 2.37. The van der Waals surface area contributed by atoms with Crippen LogP contribution in [-0.2, 0) is 6.54 Å². The molecule has 1 saturated heterocycles. The summed E-state index contributed by atoms with van der Waals surface area (Å²) in [5.41, 5.74) is 1.43. The summed E-state index contributed by atoms with van der Waals surface area (Å²) in [6.07, 6.45) is 0.996. The number of halogens is 1. The Morgan fingerprint density at radius 2 is 2.00 bits per heavy atom. The molecule has 0 amide bonds. The van der Waals surface area contributed by atoms with Gasteiger partial charge in [-0.2, -0.15) is 10.2 Å². The van der Waals surface area contributed by atoms with Gasteiger partial charge in [0.05, 0.1) is 5.56 Å². The standard InChI is InChI=1S/C21H17FN4O2/c22-16-5-2-1-4-15(16)20-24-17(9-23)21(28-20)25-10-13-8-14(12-25)18-6-3-7-19(27)26(18)11-13/h1-7,13-14H,8,10-12H2/t13-,14+/m1/s1. The maximum absolute atomic E-state index is 14.1. The number of hydrogen-bond donors (Lipinski definition) is 0. The number of nitriles is 1. The highest BCUT2D eigenvalue weighted by Crippen LogP contribution is 2.39. The third kappa shape index (κ3) is 2.61. The van der Waals surface area contributed by atoms with Crippen LogP contribution in [0.4, 0.5) is 10.3 Å². The van der Waals surface area contributed by atoms with Gasteiger partial charge in [-0.1, -0.05) is 18.2 Å². The Morgan fingerprint density at radius 3 is 2.82 bits per heavy atom. The van der Waals surface area contributed by atoms with Gasteiger partial charge in [0.25, 0.3) is 5.56 Å². The van der Waals surface area contributed by atoms with E-state index in [0.29, 0.717) is 25.5 Å². The molecule has 0 unspecified atom stereocenters. The zero-order valence-corrected chi connectivity index (χ0v) is 15.0. The molecule has 28 heavy (non-hydrogen) atoms. The van der Waals surface area contributed by atoms with Gasteiger partial charge in [0.15, 0.2) is 0 Å². The maximum atomic E-state index is 14.1. The lowest BCUT2D eigenvalue weighted by Gasteiger charge is -2.42. The van der Waals surface area contributed by atoms with E-state index in [0.717, 1.165) is 12.1 Å². The molecule has 0 spiro atoms. The Bertz CT molecular complexity index is 1160. The largest absolute Gasteiger partial charge is 0.419 e. The van der Waals surface area contributed by atoms with E-state index in [1.807, 2.05) is 15.5 Å². The van der Waals surface area contributed by atoms with Crippen LogP contribution in [0.2, 0.25) is 0 Å². The molecule has 2 aliphatic rings. The van der Waals surface area contributed by atoms with E-state index < -0.39 is 5.82 Å². The van der Waals surface area contributed by atoms with Crippen molar-refractivity contribution in [3.63, 3.8) is 0 Å². The van der Waals surface area contributed by atoms with Crippen molar-refractivity contribution in [2.24, 2.45) is 5.92 Å². The number of piperidine rings is 1. The predicted molar refractivity (Wildman–Crippen MR) is 100 cm³/mol. The Hall–Kier alpha value is -3.40. The zero-order valence-electron chi connectivity index (χ0n) is 15.0. The number of fused-ring (bicyclic) bond motifs is 4. The van der Waals surface area contributed by atoms with E-state index in [9.17, 15) is 14.4 Å². The molecule has 0 aliphatic carbocycles. The molecular formula is C21H17FN4O2. The van der Waals surface area contributed by atoms with Gasteiger partial charge < -0.3 is 13.9 Å². The minimum absolute atomic E-state index is 0.0277. The van der Waals surface area contributed by atoms with Crippen molar-refractivity contribution in [1.29, 1.82) is 5.26 Å². The lowest BCUT2D eigenvalue weighted by Crippen LogP contribution is -2.47. The van der Waals surface area contributed by atoms with Crippen molar-refractivity contribution in [3.8, 4) is 17.5 Å². The zero-order chi connectivity index (χ0) is 19.3. The van der Waals surface area contributed by atoms with Crippen LogP contribution >= 0.6 is 0 Å². The number of oxazole rings is 1. The Morgan fingerprint density at radius 1 is 1.14 bits per heavy atom. The number of aromatic nitrogens is 2. The minimum atomic E-state index is -0.441. The number of anilines is 1. The summed E-state index contributed by atoms with van der Waals surface area (Å²) in [5.74, 6) is 0.498. The fourth-order valence-corrected chi connectivity index (χ4v) is 4.41. The molecule has 0 N–H and O–H groups in total. The summed E-state index contributed by atoms with van der Waals surface area (Å²) in [5, 5.41) is 9.54. The molecule has 5 rings (SSSR count). The van der Waals surface area contributed by atoms with Crippen molar-refractivity contribution < 1.29 is 8.81 Å². The first kappa shape index (κ1) is 16.8. The van der Waals surface area contributed by atoms with Crippen LogP contribution in [0.5, 0.6) is 0 Å². The molecule has 7 heteroatoms. The first-order valence-corrected chi connectivity index (χ1v) is 9.24. The molecule has 1 fully saturated rings. The fourth-order valence-electron chi connectivity index (χ4n) is 4.41. The molecule has 2 bridgehead atoms. The summed E-state index contributed by atoms with van der Waals surface area (Å²) in [7, 11) is 0. The van der Waals surface area contributed by atoms with Crippen molar-refractivity contribution >= 4 is 5.88 Å². The molecule has 2 atom stereocenters. The lowest BCUT2D eigenvalue weighted by molar-refractivity contribution is 0.275. The minimum Gasteiger partial charge on any atom is -0.419 e. The third-order valence-electron chi connectivity index (χ3n) is 5.59. The summed E-state index contributed by atoms with van der Waals surface area (Å²) in [6, 6.07) is 13.7. The summed E-state index contributed by atoms with van der Waals surface area (Å²) in [6.45, 7) is 1.94. The summed E-state index contributed by atoms with van der Waals surface area (Å²) >= 11 is 0. The molecular weight excluding hydrogens is 359 g/mol. The van der Waals surface area contributed by atoms with E-state index in [-0.39, 0.29) is 34.5 Å². The molecule has 1 aromatic carbocycles. The molecule has 2 aromatic heterocycles. The Kier molecular flexibility index (Phi) is 3.79. The molecule has 6 nitrogen and oxygen atoms in total. The smallest absolute Gasteiger partial charge is 0.250 e.